The van der Waals surface area contributed by atoms with E-state index in [1.165, 1.54) is 18.9 Å². The van der Waals surface area contributed by atoms with E-state index in [0.717, 1.165) is 17.5 Å². The first-order valence-corrected chi connectivity index (χ1v) is 6.03. The van der Waals surface area contributed by atoms with E-state index < -0.39 is 0 Å². The van der Waals surface area contributed by atoms with Crippen LogP contribution in [-0.2, 0) is 22.6 Å². The van der Waals surface area contributed by atoms with Crippen LogP contribution in [0.1, 0.15) is 19.2 Å². The molecule has 0 aliphatic carbocycles. The monoisotopic (exact) mass is 244 g/mol. The lowest BCUT2D eigenvalue weighted by Gasteiger charge is -2.05. The Morgan fingerprint density at radius 1 is 1.56 bits per heavy atom. The molecule has 90 valence electrons. The molecule has 0 fully saturated rings. The van der Waals surface area contributed by atoms with Crippen molar-refractivity contribution in [2.45, 2.75) is 31.6 Å². The summed E-state index contributed by atoms with van der Waals surface area (Å²) in [5, 5.41) is 8.80. The van der Waals surface area contributed by atoms with Crippen molar-refractivity contribution in [3.05, 3.63) is 5.82 Å². The Bertz CT molecular complexity index is 353. The molecule has 1 rings (SSSR count). The highest BCUT2D eigenvalue weighted by atomic mass is 32.2. The van der Waals surface area contributed by atoms with Gasteiger partial charge in [0.2, 0.25) is 0 Å². The quantitative estimate of drug-likeness (QED) is 0.576. The normalized spacial score (nSPS) is 10.4. The minimum absolute atomic E-state index is 0.214. The molecule has 6 nitrogen and oxygen atoms in total. The molecule has 0 bridgehead atoms. The summed E-state index contributed by atoms with van der Waals surface area (Å²) in [4.78, 5) is 10.9. The summed E-state index contributed by atoms with van der Waals surface area (Å²) < 4.78 is 6.50. The Balaban J connectivity index is 2.53. The highest BCUT2D eigenvalue weighted by molar-refractivity contribution is 7.99. The average molecular weight is 244 g/mol. The summed E-state index contributed by atoms with van der Waals surface area (Å²) in [5.74, 6) is 1.19. The fraction of sp³-hybridized carbons (Fsp3) is 0.667. The van der Waals surface area contributed by atoms with E-state index in [1.54, 1.807) is 0 Å². The number of nitrogens with zero attached hydrogens (tertiary/aromatic N) is 3. The van der Waals surface area contributed by atoms with E-state index in [0.29, 0.717) is 18.7 Å². The van der Waals surface area contributed by atoms with Gasteiger partial charge in [0.1, 0.15) is 5.82 Å². The molecule has 0 unspecified atom stereocenters. The highest BCUT2D eigenvalue weighted by Gasteiger charge is 2.10. The van der Waals surface area contributed by atoms with E-state index in [9.17, 15) is 4.79 Å². The second kappa shape index (κ2) is 6.49. The van der Waals surface area contributed by atoms with Gasteiger partial charge in [0.15, 0.2) is 5.16 Å². The van der Waals surface area contributed by atoms with Crippen LogP contribution in [0.5, 0.6) is 0 Å². The van der Waals surface area contributed by atoms with Crippen molar-refractivity contribution in [1.82, 2.24) is 14.8 Å². The van der Waals surface area contributed by atoms with E-state index in [4.69, 9.17) is 5.73 Å². The molecule has 1 aromatic rings. The maximum Gasteiger partial charge on any atom is 0.306 e. The summed E-state index contributed by atoms with van der Waals surface area (Å²) >= 11 is 1.48. The van der Waals surface area contributed by atoms with Crippen LogP contribution in [0, 0.1) is 0 Å². The van der Waals surface area contributed by atoms with Gasteiger partial charge < -0.3 is 15.0 Å². The summed E-state index contributed by atoms with van der Waals surface area (Å²) in [6, 6.07) is 0. The largest absolute Gasteiger partial charge is 0.469 e. The first kappa shape index (κ1) is 13.0. The topological polar surface area (TPSA) is 83.0 Å². The van der Waals surface area contributed by atoms with Gasteiger partial charge in [0, 0.05) is 12.3 Å². The van der Waals surface area contributed by atoms with Crippen LogP contribution in [-0.4, -0.2) is 33.6 Å². The van der Waals surface area contributed by atoms with Crippen LogP contribution < -0.4 is 5.73 Å². The lowest BCUT2D eigenvalue weighted by atomic mass is 10.5. The second-order valence-corrected chi connectivity index (χ2v) is 4.08. The first-order valence-electron chi connectivity index (χ1n) is 5.04. The van der Waals surface area contributed by atoms with Gasteiger partial charge in [0.25, 0.3) is 0 Å². The number of hydrogen-bond donors (Lipinski definition) is 1. The number of esters is 1. The molecule has 0 aromatic carbocycles. The van der Waals surface area contributed by atoms with Crippen LogP contribution in [0.25, 0.3) is 0 Å². The molecule has 2 N–H and O–H groups in total. The summed E-state index contributed by atoms with van der Waals surface area (Å²) in [7, 11) is 1.38. The van der Waals surface area contributed by atoms with Gasteiger partial charge >= 0.3 is 5.97 Å². The Morgan fingerprint density at radius 2 is 2.31 bits per heavy atom. The SMILES string of the molecule is CCn1c(CN)nnc1SCCC(=O)OC. The van der Waals surface area contributed by atoms with Crippen LogP contribution in [0.4, 0.5) is 0 Å². The zero-order chi connectivity index (χ0) is 12.0. The van der Waals surface area contributed by atoms with Crippen LogP contribution >= 0.6 is 11.8 Å². The number of aromatic nitrogens is 3. The smallest absolute Gasteiger partial charge is 0.306 e. The third kappa shape index (κ3) is 3.21. The number of carbonyl (C=O) groups is 1. The van der Waals surface area contributed by atoms with Crippen molar-refractivity contribution in [2.24, 2.45) is 5.73 Å². The predicted molar refractivity (Wildman–Crippen MR) is 60.9 cm³/mol. The third-order valence-corrected chi connectivity index (χ3v) is 3.03. The molecule has 0 amide bonds. The summed E-state index contributed by atoms with van der Waals surface area (Å²) in [6.45, 7) is 3.16. The highest BCUT2D eigenvalue weighted by Crippen LogP contribution is 2.17. The molecule has 0 aliphatic heterocycles. The Labute approximate surface area is 98.6 Å². The molecule has 0 atom stereocenters. The number of rotatable bonds is 6. The zero-order valence-electron chi connectivity index (χ0n) is 9.47. The molecular weight excluding hydrogens is 228 g/mol. The van der Waals surface area contributed by atoms with Gasteiger partial charge in [-0.05, 0) is 6.92 Å². The maximum absolute atomic E-state index is 10.9. The lowest BCUT2D eigenvalue weighted by molar-refractivity contribution is -0.140. The van der Waals surface area contributed by atoms with Gasteiger partial charge in [-0.1, -0.05) is 11.8 Å². The van der Waals surface area contributed by atoms with E-state index in [2.05, 4.69) is 14.9 Å². The first-order chi connectivity index (χ1) is 7.72. The zero-order valence-corrected chi connectivity index (χ0v) is 10.3. The number of methoxy groups -OCH3 is 1. The van der Waals surface area contributed by atoms with E-state index >= 15 is 0 Å². The molecule has 7 heteroatoms. The van der Waals surface area contributed by atoms with Crippen molar-refractivity contribution in [1.29, 1.82) is 0 Å². The second-order valence-electron chi connectivity index (χ2n) is 3.02. The lowest BCUT2D eigenvalue weighted by Crippen LogP contribution is -2.08. The van der Waals surface area contributed by atoms with Gasteiger partial charge in [0.05, 0.1) is 20.1 Å². The molecule has 0 saturated heterocycles. The Morgan fingerprint density at radius 3 is 2.88 bits per heavy atom. The number of nitrogens with two attached hydrogens (primary N) is 1. The van der Waals surface area contributed by atoms with E-state index in [-0.39, 0.29) is 5.97 Å². The van der Waals surface area contributed by atoms with Crippen LogP contribution in [0.15, 0.2) is 5.16 Å². The Kier molecular flexibility index (Phi) is 5.27. The molecular formula is C9H16N4O2S. The standard InChI is InChI=1S/C9H16N4O2S/c1-3-13-7(6-10)11-12-9(13)16-5-4-8(14)15-2/h3-6,10H2,1-2H3. The van der Waals surface area contributed by atoms with Gasteiger partial charge in [-0.2, -0.15) is 0 Å². The maximum atomic E-state index is 10.9. The number of thioether (sulfide) groups is 1. The Hall–Kier alpha value is -1.08. The molecule has 0 saturated carbocycles. The molecule has 0 radical (unpaired) electrons. The van der Waals surface area contributed by atoms with E-state index in [1.807, 2.05) is 11.5 Å². The van der Waals surface area contributed by atoms with Crippen molar-refractivity contribution < 1.29 is 9.53 Å². The average Bonchev–Trinajstić information content (AvgIpc) is 2.70. The minimum atomic E-state index is -0.214. The van der Waals surface area contributed by atoms with Crippen LogP contribution in [0.3, 0.4) is 0 Å². The number of ether oxygens (including phenoxy) is 1. The van der Waals surface area contributed by atoms with Crippen molar-refractivity contribution in [3.63, 3.8) is 0 Å². The van der Waals surface area contributed by atoms with Crippen molar-refractivity contribution in [3.8, 4) is 0 Å². The molecule has 16 heavy (non-hydrogen) atoms. The van der Waals surface area contributed by atoms with Crippen molar-refractivity contribution in [2.75, 3.05) is 12.9 Å². The fourth-order valence-electron chi connectivity index (χ4n) is 1.22. The number of carbonyl (C=O) groups excluding carboxylic acids is 1. The van der Waals surface area contributed by atoms with Gasteiger partial charge in [-0.15, -0.1) is 10.2 Å². The summed E-state index contributed by atoms with van der Waals surface area (Å²) in [5.41, 5.74) is 5.53. The molecule has 1 heterocycles. The van der Waals surface area contributed by atoms with Crippen LogP contribution in [0.2, 0.25) is 0 Å². The predicted octanol–water partition coefficient (Wildman–Crippen LogP) is 0.412. The van der Waals surface area contributed by atoms with Gasteiger partial charge in [-0.25, -0.2) is 0 Å². The third-order valence-electron chi connectivity index (χ3n) is 2.06. The van der Waals surface area contributed by atoms with Crippen molar-refractivity contribution >= 4 is 17.7 Å². The molecule has 0 aliphatic rings. The molecule has 1 aromatic heterocycles. The van der Waals surface area contributed by atoms with Gasteiger partial charge in [-0.3, -0.25) is 4.79 Å². The fourth-order valence-corrected chi connectivity index (χ4v) is 2.16. The molecule has 0 spiro atoms. The minimum Gasteiger partial charge on any atom is -0.469 e. The number of hydrogen-bond acceptors (Lipinski definition) is 6. The summed E-state index contributed by atoms with van der Waals surface area (Å²) in [6.07, 6.45) is 0.371.